The molecular formula is C17H17N3O6. The number of pyridine rings is 1. The van der Waals surface area contributed by atoms with Crippen molar-refractivity contribution in [2.45, 2.75) is 25.8 Å². The minimum Gasteiger partial charge on any atom is -0.502 e. The van der Waals surface area contributed by atoms with Gasteiger partial charge in [-0.25, -0.2) is 4.79 Å². The van der Waals surface area contributed by atoms with E-state index in [4.69, 9.17) is 4.74 Å². The Kier molecular flexibility index (Phi) is 5.51. The number of carbonyl (C=O) groups is 2. The van der Waals surface area contributed by atoms with Crippen LogP contribution in [0.5, 0.6) is 11.5 Å². The Morgan fingerprint density at radius 2 is 2.12 bits per heavy atom. The van der Waals surface area contributed by atoms with E-state index in [0.717, 1.165) is 12.1 Å². The predicted octanol–water partition coefficient (Wildman–Crippen LogP) is 2.04. The Bertz CT molecular complexity index is 840. The van der Waals surface area contributed by atoms with E-state index in [1.165, 1.54) is 31.5 Å². The van der Waals surface area contributed by atoms with Crippen molar-refractivity contribution in [3.05, 3.63) is 58.4 Å². The zero-order chi connectivity index (χ0) is 19.3. The van der Waals surface area contributed by atoms with Crippen LogP contribution in [0.2, 0.25) is 0 Å². The third-order valence-corrected chi connectivity index (χ3v) is 3.78. The van der Waals surface area contributed by atoms with E-state index in [1.807, 2.05) is 0 Å². The summed E-state index contributed by atoms with van der Waals surface area (Å²) >= 11 is 0. The van der Waals surface area contributed by atoms with Gasteiger partial charge in [-0.1, -0.05) is 6.92 Å². The molecule has 0 saturated carbocycles. The molecule has 0 spiro atoms. The summed E-state index contributed by atoms with van der Waals surface area (Å²) in [6.45, 7) is 2.87. The van der Waals surface area contributed by atoms with Crippen LogP contribution < -0.4 is 10.1 Å². The van der Waals surface area contributed by atoms with Gasteiger partial charge in [0.1, 0.15) is 5.75 Å². The van der Waals surface area contributed by atoms with E-state index in [2.05, 4.69) is 10.3 Å². The van der Waals surface area contributed by atoms with Crippen LogP contribution in [0.15, 0.2) is 42.7 Å². The van der Waals surface area contributed by atoms with Gasteiger partial charge in [-0.3, -0.25) is 19.9 Å². The van der Waals surface area contributed by atoms with Gasteiger partial charge in [-0.2, -0.15) is 0 Å². The van der Waals surface area contributed by atoms with Crippen LogP contribution in [0.25, 0.3) is 0 Å². The van der Waals surface area contributed by atoms with Gasteiger partial charge < -0.3 is 15.2 Å². The van der Waals surface area contributed by atoms with Gasteiger partial charge >= 0.3 is 11.7 Å². The number of nitrogens with one attached hydrogen (secondary N) is 1. The Labute approximate surface area is 148 Å². The molecule has 2 N–H and O–H groups in total. The summed E-state index contributed by atoms with van der Waals surface area (Å²) < 4.78 is 5.31. The summed E-state index contributed by atoms with van der Waals surface area (Å²) in [6, 6.07) is 6.52. The van der Waals surface area contributed by atoms with Crippen LogP contribution in [-0.4, -0.2) is 26.9 Å². The quantitative estimate of drug-likeness (QED) is 0.458. The Hall–Kier alpha value is -3.49. The number of ether oxygens (including phenoxy) is 1. The Morgan fingerprint density at radius 1 is 1.38 bits per heavy atom. The number of esters is 1. The van der Waals surface area contributed by atoms with E-state index in [9.17, 15) is 24.8 Å². The third-order valence-electron chi connectivity index (χ3n) is 3.78. The molecule has 0 saturated heterocycles. The predicted molar refractivity (Wildman–Crippen MR) is 90.4 cm³/mol. The van der Waals surface area contributed by atoms with E-state index in [1.54, 1.807) is 13.0 Å². The van der Waals surface area contributed by atoms with Crippen molar-refractivity contribution < 1.29 is 24.4 Å². The first-order valence-electron chi connectivity index (χ1n) is 7.69. The maximum Gasteiger partial charge on any atom is 0.342 e. The largest absolute Gasteiger partial charge is 0.502 e. The molecule has 0 aliphatic heterocycles. The number of phenols is 1. The smallest absolute Gasteiger partial charge is 0.342 e. The molecule has 0 fully saturated rings. The number of phenolic OH excluding ortho intramolecular Hbond substituents is 1. The molecule has 2 aromatic rings. The van der Waals surface area contributed by atoms with Gasteiger partial charge in [0.15, 0.2) is 11.3 Å². The number of nitrogens with zero attached hydrogens (tertiary/aromatic N) is 2. The molecule has 1 atom stereocenters. The second-order valence-corrected chi connectivity index (χ2v) is 5.48. The topological polar surface area (TPSA) is 132 Å². The number of aromatic nitrogens is 1. The SMILES string of the molecule is CCC(NC(C)=O)(C(=O)Oc1cccnc1)c1ccc([N+](=O)[O-])c(O)c1. The average Bonchev–Trinajstić information content (AvgIpc) is 2.59. The first-order valence-corrected chi connectivity index (χ1v) is 7.69. The lowest BCUT2D eigenvalue weighted by Crippen LogP contribution is -2.52. The highest BCUT2D eigenvalue weighted by atomic mass is 16.6. The first kappa shape index (κ1) is 18.8. The summed E-state index contributed by atoms with van der Waals surface area (Å²) in [5, 5.41) is 23.3. The summed E-state index contributed by atoms with van der Waals surface area (Å²) in [4.78, 5) is 38.5. The maximum absolute atomic E-state index is 12.9. The van der Waals surface area contributed by atoms with Gasteiger partial charge in [0.05, 0.1) is 11.1 Å². The lowest BCUT2D eigenvalue weighted by Gasteiger charge is -2.31. The van der Waals surface area contributed by atoms with Crippen molar-refractivity contribution in [3.63, 3.8) is 0 Å². The first-order chi connectivity index (χ1) is 12.3. The zero-order valence-electron chi connectivity index (χ0n) is 14.1. The van der Waals surface area contributed by atoms with E-state index in [0.29, 0.717) is 0 Å². The van der Waals surface area contributed by atoms with E-state index in [-0.39, 0.29) is 17.7 Å². The van der Waals surface area contributed by atoms with Crippen molar-refractivity contribution in [1.29, 1.82) is 0 Å². The van der Waals surface area contributed by atoms with Crippen LogP contribution in [0.4, 0.5) is 5.69 Å². The molecule has 1 amide bonds. The summed E-state index contributed by atoms with van der Waals surface area (Å²) in [6.07, 6.45) is 2.93. The van der Waals surface area contributed by atoms with Crippen LogP contribution in [0.3, 0.4) is 0 Å². The van der Waals surface area contributed by atoms with Gasteiger partial charge in [-0.05, 0) is 36.2 Å². The summed E-state index contributed by atoms with van der Waals surface area (Å²) in [5.41, 5.74) is -1.98. The number of aromatic hydroxyl groups is 1. The molecule has 2 rings (SSSR count). The molecular weight excluding hydrogens is 342 g/mol. The van der Waals surface area contributed by atoms with Crippen molar-refractivity contribution in [2.75, 3.05) is 0 Å². The number of rotatable bonds is 6. The second-order valence-electron chi connectivity index (χ2n) is 5.48. The molecule has 1 aromatic heterocycles. The molecule has 1 aromatic carbocycles. The van der Waals surface area contributed by atoms with Crippen molar-refractivity contribution in [3.8, 4) is 11.5 Å². The molecule has 9 heteroatoms. The molecule has 1 heterocycles. The van der Waals surface area contributed by atoms with E-state index < -0.39 is 33.8 Å². The zero-order valence-corrected chi connectivity index (χ0v) is 14.1. The fourth-order valence-electron chi connectivity index (χ4n) is 2.52. The molecule has 9 nitrogen and oxygen atoms in total. The monoisotopic (exact) mass is 359 g/mol. The molecule has 26 heavy (non-hydrogen) atoms. The number of carbonyl (C=O) groups excluding carboxylic acids is 2. The molecule has 136 valence electrons. The van der Waals surface area contributed by atoms with E-state index >= 15 is 0 Å². The highest BCUT2D eigenvalue weighted by Crippen LogP contribution is 2.34. The van der Waals surface area contributed by atoms with Crippen molar-refractivity contribution >= 4 is 17.6 Å². The number of nitro groups is 1. The number of benzene rings is 1. The van der Waals surface area contributed by atoms with Gasteiger partial charge in [0, 0.05) is 19.2 Å². The fourth-order valence-corrected chi connectivity index (χ4v) is 2.52. The average molecular weight is 359 g/mol. The highest BCUT2D eigenvalue weighted by molar-refractivity contribution is 5.90. The number of hydrogen-bond donors (Lipinski definition) is 2. The normalized spacial score (nSPS) is 12.7. The molecule has 0 aliphatic rings. The minimum absolute atomic E-state index is 0.0862. The van der Waals surface area contributed by atoms with Crippen LogP contribution in [-0.2, 0) is 15.1 Å². The Balaban J connectivity index is 2.50. The number of hydrogen-bond acceptors (Lipinski definition) is 7. The van der Waals surface area contributed by atoms with Crippen LogP contribution in [0.1, 0.15) is 25.8 Å². The maximum atomic E-state index is 12.9. The number of amides is 1. The van der Waals surface area contributed by atoms with Gasteiger partial charge in [-0.15, -0.1) is 0 Å². The third kappa shape index (κ3) is 3.77. The lowest BCUT2D eigenvalue weighted by atomic mass is 9.86. The summed E-state index contributed by atoms with van der Waals surface area (Å²) in [5.74, 6) is -1.76. The van der Waals surface area contributed by atoms with Crippen molar-refractivity contribution in [1.82, 2.24) is 10.3 Å². The Morgan fingerprint density at radius 3 is 2.62 bits per heavy atom. The number of nitro benzene ring substituents is 1. The van der Waals surface area contributed by atoms with Gasteiger partial charge in [0.2, 0.25) is 5.91 Å². The molecule has 0 aliphatic carbocycles. The molecule has 1 unspecified atom stereocenters. The molecule has 0 bridgehead atoms. The minimum atomic E-state index is -1.63. The van der Waals surface area contributed by atoms with Gasteiger partial charge in [0.25, 0.3) is 0 Å². The van der Waals surface area contributed by atoms with Crippen LogP contribution >= 0.6 is 0 Å². The fraction of sp³-hybridized carbons (Fsp3) is 0.235. The lowest BCUT2D eigenvalue weighted by molar-refractivity contribution is -0.385. The second kappa shape index (κ2) is 7.60. The van der Waals surface area contributed by atoms with Crippen molar-refractivity contribution in [2.24, 2.45) is 0 Å². The highest BCUT2D eigenvalue weighted by Gasteiger charge is 2.42. The standard InChI is InChI=1S/C17H17N3O6/c1-3-17(19-11(2)21,16(23)26-13-5-4-8-18-10-13)12-6-7-14(20(24)25)15(22)9-12/h4-10,22H,3H2,1-2H3,(H,19,21). The van der Waals surface area contributed by atoms with Crippen LogP contribution in [0, 0.1) is 10.1 Å². The molecule has 0 radical (unpaired) electrons. The summed E-state index contributed by atoms with van der Waals surface area (Å²) in [7, 11) is 0.